The SMILES string of the molecule is CC(C)(C)OC(=O)N[C@@H](CC(=O)O)Cc1ccccc1F.CN(C(=O)C[C@H](N)Cc1ccccc1F)[C@@H](CN1CCCC1)c1ccccc1.CN[C@@H](CN1CCCC1)c1ccccc1.O=CO. The van der Waals surface area contributed by atoms with Crippen molar-refractivity contribution in [2.75, 3.05) is 53.4 Å². The Kier molecular flexibility index (Phi) is 24.7. The van der Waals surface area contributed by atoms with Gasteiger partial charge in [0, 0.05) is 44.7 Å². The molecule has 15 heteroatoms. The molecule has 2 aliphatic heterocycles. The molecule has 4 aromatic carbocycles. The van der Waals surface area contributed by atoms with E-state index in [9.17, 15) is 23.2 Å². The third kappa shape index (κ3) is 21.6. The quantitative estimate of drug-likeness (QED) is 0.0652. The van der Waals surface area contributed by atoms with E-state index in [1.165, 1.54) is 56.5 Å². The lowest BCUT2D eigenvalue weighted by Crippen LogP contribution is -2.41. The second-order valence-corrected chi connectivity index (χ2v) is 17.8. The number of nitrogens with zero attached hydrogens (tertiary/aromatic N) is 3. The third-order valence-corrected chi connectivity index (χ3v) is 11.3. The summed E-state index contributed by atoms with van der Waals surface area (Å²) < 4.78 is 32.6. The summed E-state index contributed by atoms with van der Waals surface area (Å²) in [5.74, 6) is -1.78. The Morgan fingerprint density at radius 3 is 1.66 bits per heavy atom. The van der Waals surface area contributed by atoms with Crippen molar-refractivity contribution in [3.63, 3.8) is 0 Å². The maximum absolute atomic E-state index is 13.9. The molecule has 4 atom stereocenters. The normalized spacial score (nSPS) is 15.4. The van der Waals surface area contributed by atoms with E-state index >= 15 is 0 Å². The molecule has 0 spiro atoms. The predicted octanol–water partition coefficient (Wildman–Crippen LogP) is 7.86. The molecular formula is C52H72F2N6O7. The first-order valence-electron chi connectivity index (χ1n) is 23.0. The second-order valence-electron chi connectivity index (χ2n) is 17.8. The van der Waals surface area contributed by atoms with Crippen LogP contribution in [0.3, 0.4) is 0 Å². The van der Waals surface area contributed by atoms with Gasteiger partial charge in [-0.15, -0.1) is 0 Å². The molecule has 2 heterocycles. The molecule has 0 bridgehead atoms. The van der Waals surface area contributed by atoms with E-state index in [1.807, 2.05) is 37.2 Å². The number of carbonyl (C=O) groups excluding carboxylic acids is 2. The fourth-order valence-corrected chi connectivity index (χ4v) is 7.96. The van der Waals surface area contributed by atoms with E-state index < -0.39 is 35.6 Å². The van der Waals surface area contributed by atoms with E-state index in [4.69, 9.17) is 25.5 Å². The fraction of sp³-hybridized carbons (Fsp3) is 0.462. The van der Waals surface area contributed by atoms with Gasteiger partial charge < -0.3 is 46.0 Å². The van der Waals surface area contributed by atoms with Gasteiger partial charge in [0.15, 0.2) is 0 Å². The van der Waals surface area contributed by atoms with E-state index in [2.05, 4.69) is 62.9 Å². The van der Waals surface area contributed by atoms with Crippen LogP contribution in [0, 0.1) is 11.6 Å². The average Bonchev–Trinajstić information content (AvgIpc) is 4.02. The summed E-state index contributed by atoms with van der Waals surface area (Å²) >= 11 is 0. The number of likely N-dealkylation sites (tertiary alicyclic amines) is 2. The lowest BCUT2D eigenvalue weighted by atomic mass is 10.0. The van der Waals surface area contributed by atoms with Crippen LogP contribution in [0.1, 0.15) is 93.6 Å². The standard InChI is InChI=1S/C23H30FN3O.C15H20FNO4.C13H20N2.CH2O2/c1-26(23(28)16-20(25)15-19-11-5-6-12-21(19)24)22(17-27-13-7-8-14-27)18-9-3-2-4-10-18;1-15(2,3)21-14(20)17-11(9-13(18)19)8-10-6-4-5-7-12(10)16;1-14-13(11-15-9-5-6-10-15)12-7-3-2-4-8-12;2-1-3/h2-6,9-12,20,22H,7-8,13-17,25H2,1H3;4-7,11H,8-9H2,1-3H3,(H,17,20)(H,18,19);2-4,7-8,13-14H,5-6,9-11H2,1H3;1H,(H,2,3)/t20-,22+;11-;13-;/m110./s1. The van der Waals surface area contributed by atoms with Crippen LogP contribution in [0.5, 0.6) is 0 Å². The fourth-order valence-electron chi connectivity index (χ4n) is 7.96. The van der Waals surface area contributed by atoms with Gasteiger partial charge in [-0.1, -0.05) is 97.1 Å². The smallest absolute Gasteiger partial charge is 0.407 e. The van der Waals surface area contributed by atoms with Crippen molar-refractivity contribution in [2.45, 2.75) is 102 Å². The zero-order chi connectivity index (χ0) is 49.2. The maximum atomic E-state index is 13.9. The lowest BCUT2D eigenvalue weighted by Gasteiger charge is -2.32. The van der Waals surface area contributed by atoms with E-state index in [0.29, 0.717) is 23.6 Å². The molecule has 0 unspecified atom stereocenters. The van der Waals surface area contributed by atoms with Crippen LogP contribution >= 0.6 is 0 Å². The molecule has 2 amide bonds. The van der Waals surface area contributed by atoms with Crippen LogP contribution in [0.25, 0.3) is 0 Å². The van der Waals surface area contributed by atoms with E-state index in [1.54, 1.807) is 57.2 Å². The lowest BCUT2D eigenvalue weighted by molar-refractivity contribution is -0.137. The van der Waals surface area contributed by atoms with Crippen LogP contribution in [0.4, 0.5) is 13.6 Å². The molecule has 6 rings (SSSR count). The Morgan fingerprint density at radius 2 is 1.19 bits per heavy atom. The number of nitrogens with one attached hydrogen (secondary N) is 2. The van der Waals surface area contributed by atoms with Gasteiger partial charge in [0.05, 0.1) is 12.5 Å². The average molecular weight is 931 g/mol. The van der Waals surface area contributed by atoms with Gasteiger partial charge in [-0.3, -0.25) is 14.4 Å². The van der Waals surface area contributed by atoms with Crippen molar-refractivity contribution >= 4 is 24.4 Å². The van der Waals surface area contributed by atoms with Gasteiger partial charge in [0.2, 0.25) is 5.91 Å². The first-order chi connectivity index (χ1) is 32.0. The number of carbonyl (C=O) groups is 4. The molecule has 4 aromatic rings. The minimum atomic E-state index is -1.08. The summed E-state index contributed by atoms with van der Waals surface area (Å²) in [5.41, 5.74) is 8.94. The first kappa shape index (κ1) is 55.6. The number of carboxylic acid groups (broad SMARTS) is 2. The molecule has 366 valence electrons. The number of hydrogen-bond donors (Lipinski definition) is 5. The minimum Gasteiger partial charge on any atom is -0.483 e. The number of likely N-dealkylation sites (N-methyl/N-ethyl adjacent to an activating group) is 2. The van der Waals surface area contributed by atoms with Gasteiger partial charge in [0.25, 0.3) is 6.47 Å². The van der Waals surface area contributed by atoms with Crippen LogP contribution < -0.4 is 16.4 Å². The molecule has 13 nitrogen and oxygen atoms in total. The summed E-state index contributed by atoms with van der Waals surface area (Å²) in [6.07, 6.45) is 4.77. The molecule has 2 aliphatic rings. The molecule has 0 radical (unpaired) electrons. The second kappa shape index (κ2) is 29.8. The van der Waals surface area contributed by atoms with E-state index in [-0.39, 0.29) is 43.5 Å². The number of halogens is 2. The maximum Gasteiger partial charge on any atom is 0.407 e. The number of hydrogen-bond acceptors (Lipinski definition) is 9. The number of ether oxygens (including phenoxy) is 1. The summed E-state index contributed by atoms with van der Waals surface area (Å²) in [7, 11) is 3.90. The number of aliphatic carboxylic acids is 1. The molecule has 0 aliphatic carbocycles. The Labute approximate surface area is 395 Å². The number of amides is 2. The highest BCUT2D eigenvalue weighted by molar-refractivity contribution is 5.77. The number of nitrogens with two attached hydrogens (primary N) is 1. The van der Waals surface area contributed by atoms with Gasteiger partial charge in [-0.05, 0) is 127 Å². The van der Waals surface area contributed by atoms with Gasteiger partial charge in [-0.25, -0.2) is 13.6 Å². The third-order valence-electron chi connectivity index (χ3n) is 11.3. The molecule has 2 fully saturated rings. The van der Waals surface area contributed by atoms with Crippen LogP contribution in [-0.2, 0) is 32.0 Å². The number of carboxylic acids is 1. The van der Waals surface area contributed by atoms with Gasteiger partial charge in [0.1, 0.15) is 17.2 Å². The zero-order valence-electron chi connectivity index (χ0n) is 39.8. The highest BCUT2D eigenvalue weighted by Gasteiger charge is 2.27. The van der Waals surface area contributed by atoms with Crippen LogP contribution in [0.15, 0.2) is 109 Å². The van der Waals surface area contributed by atoms with Gasteiger partial charge >= 0.3 is 12.1 Å². The van der Waals surface area contributed by atoms with Crippen molar-refractivity contribution in [1.82, 2.24) is 25.3 Å². The topological polar surface area (TPSA) is 178 Å². The highest BCUT2D eigenvalue weighted by Crippen LogP contribution is 2.24. The summed E-state index contributed by atoms with van der Waals surface area (Å²) in [4.78, 5) is 50.7. The number of benzene rings is 4. The molecule has 0 saturated carbocycles. The Hall–Kier alpha value is -5.74. The minimum absolute atomic E-state index is 0.00288. The Balaban J connectivity index is 0.000000270. The molecular weight excluding hydrogens is 859 g/mol. The van der Waals surface area contributed by atoms with Gasteiger partial charge in [-0.2, -0.15) is 0 Å². The van der Waals surface area contributed by atoms with E-state index in [0.717, 1.165) is 31.7 Å². The molecule has 2 saturated heterocycles. The van der Waals surface area contributed by atoms with Crippen molar-refractivity contribution in [2.24, 2.45) is 5.73 Å². The van der Waals surface area contributed by atoms with Crippen molar-refractivity contribution in [1.29, 1.82) is 0 Å². The van der Waals surface area contributed by atoms with Crippen molar-refractivity contribution in [3.8, 4) is 0 Å². The molecule has 67 heavy (non-hydrogen) atoms. The van der Waals surface area contributed by atoms with Crippen molar-refractivity contribution in [3.05, 3.63) is 143 Å². The largest absolute Gasteiger partial charge is 0.483 e. The first-order valence-corrected chi connectivity index (χ1v) is 23.0. The predicted molar refractivity (Wildman–Crippen MR) is 258 cm³/mol. The monoisotopic (exact) mass is 931 g/mol. The number of alkyl carbamates (subject to hydrolysis) is 1. The van der Waals surface area contributed by atoms with Crippen molar-refractivity contribution < 1.29 is 42.9 Å². The molecule has 6 N–H and O–H groups in total. The summed E-state index contributed by atoms with van der Waals surface area (Å²) in [6, 6.07) is 32.8. The summed E-state index contributed by atoms with van der Waals surface area (Å²) in [5, 5.41) is 21.7. The number of rotatable bonds is 17. The Bertz CT molecular complexity index is 2050. The molecule has 0 aromatic heterocycles. The summed E-state index contributed by atoms with van der Waals surface area (Å²) in [6.45, 7) is 11.5. The van der Waals surface area contributed by atoms with Crippen LogP contribution in [0.2, 0.25) is 0 Å². The highest BCUT2D eigenvalue weighted by atomic mass is 19.1. The Morgan fingerprint density at radius 1 is 0.746 bits per heavy atom. The zero-order valence-corrected chi connectivity index (χ0v) is 39.8. The van der Waals surface area contributed by atoms with Crippen LogP contribution in [-0.4, -0.2) is 120 Å².